The molecule has 24 heavy (non-hydrogen) atoms. The van der Waals surface area contributed by atoms with E-state index in [-0.39, 0.29) is 11.9 Å². The molecule has 0 saturated carbocycles. The number of hydrogen-bond donors (Lipinski definition) is 1. The van der Waals surface area contributed by atoms with Gasteiger partial charge in [0, 0.05) is 0 Å². The molecule has 0 spiro atoms. The van der Waals surface area contributed by atoms with Crippen molar-refractivity contribution in [2.24, 2.45) is 0 Å². The number of nitrogens with one attached hydrogen (secondary N) is 1. The van der Waals surface area contributed by atoms with Crippen molar-refractivity contribution >= 4 is 6.09 Å². The van der Waals surface area contributed by atoms with Gasteiger partial charge >= 0.3 is 6.09 Å². The maximum Gasteiger partial charge on any atom is 0.407 e. The van der Waals surface area contributed by atoms with Gasteiger partial charge in [0.1, 0.15) is 29.2 Å². The third kappa shape index (κ3) is 5.79. The van der Waals surface area contributed by atoms with Crippen molar-refractivity contribution in [3.05, 3.63) is 54.3 Å². The van der Waals surface area contributed by atoms with Crippen LogP contribution in [0.15, 0.2) is 48.5 Å². The van der Waals surface area contributed by atoms with E-state index >= 15 is 0 Å². The van der Waals surface area contributed by atoms with Crippen molar-refractivity contribution in [2.45, 2.75) is 20.0 Å². The molecule has 0 bridgehead atoms. The highest BCUT2D eigenvalue weighted by Crippen LogP contribution is 2.24. The van der Waals surface area contributed by atoms with Crippen LogP contribution < -0.4 is 14.8 Å². The average Bonchev–Trinajstić information content (AvgIpc) is 2.57. The topological polar surface area (TPSA) is 56.8 Å². The fourth-order valence-corrected chi connectivity index (χ4v) is 1.91. The molecule has 0 radical (unpaired) electrons. The van der Waals surface area contributed by atoms with Gasteiger partial charge in [-0.25, -0.2) is 9.18 Å². The van der Waals surface area contributed by atoms with Gasteiger partial charge in [-0.1, -0.05) is 0 Å². The summed E-state index contributed by atoms with van der Waals surface area (Å²) in [7, 11) is 0. The summed E-state index contributed by atoms with van der Waals surface area (Å²) in [5.74, 6) is 1.51. The minimum atomic E-state index is -0.462. The Morgan fingerprint density at radius 3 is 2.17 bits per heavy atom. The molecule has 1 atom stereocenters. The Balaban J connectivity index is 1.83. The predicted octanol–water partition coefficient (Wildman–Crippen LogP) is 4.13. The van der Waals surface area contributed by atoms with Crippen LogP contribution in [0.25, 0.3) is 0 Å². The highest BCUT2D eigenvalue weighted by atomic mass is 19.1. The lowest BCUT2D eigenvalue weighted by molar-refractivity contribution is 0.143. The second kappa shape index (κ2) is 8.76. The maximum absolute atomic E-state index is 12.8. The Morgan fingerprint density at radius 1 is 1.04 bits per heavy atom. The Labute approximate surface area is 140 Å². The number of halogens is 1. The quantitative estimate of drug-likeness (QED) is 0.828. The first kappa shape index (κ1) is 17.6. The number of benzene rings is 2. The standard InChI is InChI=1S/C18H20FNO4/c1-3-22-18(21)20-12-13(2)23-15-8-10-17(11-9-15)24-16-6-4-14(19)5-7-16/h4-11,13H,3,12H2,1-2H3,(H,20,21). The van der Waals surface area contributed by atoms with Gasteiger partial charge in [0.05, 0.1) is 13.2 Å². The van der Waals surface area contributed by atoms with Crippen LogP contribution in [0.4, 0.5) is 9.18 Å². The molecule has 1 N–H and O–H groups in total. The molecule has 2 rings (SSSR count). The summed E-state index contributed by atoms with van der Waals surface area (Å²) < 4.78 is 28.9. The maximum atomic E-state index is 12.8. The van der Waals surface area contributed by atoms with Crippen molar-refractivity contribution in [3.8, 4) is 17.2 Å². The second-order valence-corrected chi connectivity index (χ2v) is 5.06. The minimum absolute atomic E-state index is 0.210. The highest BCUT2D eigenvalue weighted by molar-refractivity contribution is 5.67. The van der Waals surface area contributed by atoms with E-state index in [4.69, 9.17) is 14.2 Å². The summed E-state index contributed by atoms with van der Waals surface area (Å²) in [6.07, 6.45) is -0.672. The van der Waals surface area contributed by atoms with E-state index in [0.717, 1.165) is 0 Å². The Hall–Kier alpha value is -2.76. The smallest absolute Gasteiger partial charge is 0.407 e. The van der Waals surface area contributed by atoms with E-state index in [0.29, 0.717) is 30.4 Å². The van der Waals surface area contributed by atoms with Gasteiger partial charge in [0.2, 0.25) is 0 Å². The fourth-order valence-electron chi connectivity index (χ4n) is 1.91. The first-order chi connectivity index (χ1) is 11.6. The zero-order chi connectivity index (χ0) is 17.4. The molecule has 0 aliphatic carbocycles. The highest BCUT2D eigenvalue weighted by Gasteiger charge is 2.07. The monoisotopic (exact) mass is 333 g/mol. The molecule has 0 aliphatic heterocycles. The fraction of sp³-hybridized carbons (Fsp3) is 0.278. The molecule has 0 saturated heterocycles. The lowest BCUT2D eigenvalue weighted by Gasteiger charge is -2.15. The Bertz CT molecular complexity index is 643. The van der Waals surface area contributed by atoms with Crippen LogP contribution in [0, 0.1) is 5.82 Å². The van der Waals surface area contributed by atoms with Crippen molar-refractivity contribution in [1.82, 2.24) is 5.32 Å². The van der Waals surface area contributed by atoms with E-state index in [9.17, 15) is 9.18 Å². The van der Waals surface area contributed by atoms with Gasteiger partial charge in [0.25, 0.3) is 0 Å². The predicted molar refractivity (Wildman–Crippen MR) is 88.0 cm³/mol. The van der Waals surface area contributed by atoms with Gasteiger partial charge in [-0.05, 0) is 62.4 Å². The molecule has 5 nitrogen and oxygen atoms in total. The zero-order valence-electron chi connectivity index (χ0n) is 13.6. The molecule has 2 aromatic rings. The van der Waals surface area contributed by atoms with E-state index in [1.165, 1.54) is 12.1 Å². The number of carbonyl (C=O) groups excluding carboxylic acids is 1. The van der Waals surface area contributed by atoms with Crippen molar-refractivity contribution in [3.63, 3.8) is 0 Å². The summed E-state index contributed by atoms with van der Waals surface area (Å²) in [5.41, 5.74) is 0. The van der Waals surface area contributed by atoms with Gasteiger partial charge in [0.15, 0.2) is 0 Å². The summed E-state index contributed by atoms with van der Waals surface area (Å²) in [6, 6.07) is 12.8. The molecule has 1 unspecified atom stereocenters. The molecule has 1 amide bonds. The van der Waals surface area contributed by atoms with Crippen LogP contribution in [-0.2, 0) is 4.74 Å². The molecule has 0 aliphatic rings. The SMILES string of the molecule is CCOC(=O)NCC(C)Oc1ccc(Oc2ccc(F)cc2)cc1. The normalized spacial score (nSPS) is 11.5. The molecule has 6 heteroatoms. The first-order valence-electron chi connectivity index (χ1n) is 7.67. The van der Waals surface area contributed by atoms with Crippen LogP contribution in [0.5, 0.6) is 17.2 Å². The Morgan fingerprint density at radius 2 is 1.58 bits per heavy atom. The van der Waals surface area contributed by atoms with E-state index < -0.39 is 6.09 Å². The average molecular weight is 333 g/mol. The van der Waals surface area contributed by atoms with Gasteiger partial charge in [-0.2, -0.15) is 0 Å². The molecule has 0 fully saturated rings. The first-order valence-corrected chi connectivity index (χ1v) is 7.67. The van der Waals surface area contributed by atoms with Gasteiger partial charge in [-0.3, -0.25) is 0 Å². The van der Waals surface area contributed by atoms with Crippen LogP contribution in [0.3, 0.4) is 0 Å². The molecule has 2 aromatic carbocycles. The van der Waals surface area contributed by atoms with E-state index in [1.54, 1.807) is 43.3 Å². The molecule has 0 heterocycles. The van der Waals surface area contributed by atoms with Gasteiger partial charge < -0.3 is 19.5 Å². The van der Waals surface area contributed by atoms with Crippen LogP contribution in [0.1, 0.15) is 13.8 Å². The lowest BCUT2D eigenvalue weighted by atomic mass is 10.3. The number of alkyl carbamates (subject to hydrolysis) is 1. The van der Waals surface area contributed by atoms with Gasteiger partial charge in [-0.15, -0.1) is 0 Å². The number of rotatable bonds is 7. The second-order valence-electron chi connectivity index (χ2n) is 5.06. The van der Waals surface area contributed by atoms with E-state index in [2.05, 4.69) is 5.32 Å². The third-order valence-electron chi connectivity index (χ3n) is 3.02. The summed E-state index contributed by atoms with van der Waals surface area (Å²) >= 11 is 0. The molecule has 128 valence electrons. The molecular weight excluding hydrogens is 313 g/mol. The summed E-state index contributed by atoms with van der Waals surface area (Å²) in [4.78, 5) is 11.2. The summed E-state index contributed by atoms with van der Waals surface area (Å²) in [5, 5.41) is 2.61. The minimum Gasteiger partial charge on any atom is -0.489 e. The lowest BCUT2D eigenvalue weighted by Crippen LogP contribution is -2.33. The Kier molecular flexibility index (Phi) is 6.42. The van der Waals surface area contributed by atoms with Crippen LogP contribution in [0.2, 0.25) is 0 Å². The van der Waals surface area contributed by atoms with Crippen LogP contribution in [-0.4, -0.2) is 25.3 Å². The molecule has 0 aromatic heterocycles. The number of ether oxygens (including phenoxy) is 3. The van der Waals surface area contributed by atoms with Crippen molar-refractivity contribution in [1.29, 1.82) is 0 Å². The number of carbonyl (C=O) groups is 1. The third-order valence-corrected chi connectivity index (χ3v) is 3.02. The van der Waals surface area contributed by atoms with E-state index in [1.807, 2.05) is 6.92 Å². The zero-order valence-corrected chi connectivity index (χ0v) is 13.6. The van der Waals surface area contributed by atoms with Crippen molar-refractivity contribution in [2.75, 3.05) is 13.2 Å². The number of amides is 1. The van der Waals surface area contributed by atoms with Crippen LogP contribution >= 0.6 is 0 Å². The largest absolute Gasteiger partial charge is 0.489 e. The molecular formula is C18H20FNO4. The summed E-state index contributed by atoms with van der Waals surface area (Å²) in [6.45, 7) is 4.26. The number of hydrogen-bond acceptors (Lipinski definition) is 4. The van der Waals surface area contributed by atoms with Crippen molar-refractivity contribution < 1.29 is 23.4 Å².